The first-order chi connectivity index (χ1) is 19.3. The van der Waals surface area contributed by atoms with Crippen LogP contribution in [0.3, 0.4) is 0 Å². The van der Waals surface area contributed by atoms with Gasteiger partial charge in [-0.2, -0.15) is 0 Å². The molecule has 0 aliphatic rings. The fourth-order valence-corrected chi connectivity index (χ4v) is 5.54. The zero-order valence-corrected chi connectivity index (χ0v) is 26.6. The van der Waals surface area contributed by atoms with Crippen molar-refractivity contribution in [2.45, 2.75) is 45.3 Å². The Hall–Kier alpha value is -2.49. The number of benzene rings is 3. The summed E-state index contributed by atoms with van der Waals surface area (Å²) in [6.45, 7) is 3.20. The Morgan fingerprint density at radius 2 is 1.46 bits per heavy atom. The second-order valence-corrected chi connectivity index (χ2v) is 13.2. The maximum atomic E-state index is 14.1. The van der Waals surface area contributed by atoms with Gasteiger partial charge in [-0.05, 0) is 54.8 Å². The van der Waals surface area contributed by atoms with Gasteiger partial charge in [0.05, 0.1) is 32.0 Å². The van der Waals surface area contributed by atoms with Crippen molar-refractivity contribution in [3.8, 4) is 0 Å². The molecule has 0 aliphatic heterocycles. The largest absolute Gasteiger partial charge is 0.352 e. The number of nitrogens with one attached hydrogen (secondary N) is 1. The molecule has 0 radical (unpaired) electrons. The molecule has 0 spiro atoms. The Labute approximate surface area is 261 Å². The fraction of sp³-hybridized carbons (Fsp3) is 0.310. The number of carbonyl (C=O) groups is 2. The lowest BCUT2D eigenvalue weighted by Gasteiger charge is -2.34. The third-order valence-corrected chi connectivity index (χ3v) is 9.10. The maximum absolute atomic E-state index is 14.1. The average Bonchev–Trinajstić information content (AvgIpc) is 2.92. The number of hydrogen-bond donors (Lipinski definition) is 1. The zero-order chi connectivity index (χ0) is 30.3. The van der Waals surface area contributed by atoms with E-state index in [4.69, 9.17) is 46.4 Å². The standard InChI is InChI=1S/C29H31Cl4N3O4S/c1-4-19(2)34-29(38)27(15-20-8-6-5-7-9-20)35(17-21-10-12-23(30)25(32)14-21)28(37)18-36(41(3,39)40)22-11-13-24(31)26(33)16-22/h5-14,16,19,27H,4,15,17-18H2,1-3H3,(H,34,38)/t19-,27+/m0/s1. The van der Waals surface area contributed by atoms with Crippen LogP contribution in [0.25, 0.3) is 0 Å². The molecule has 0 saturated carbocycles. The maximum Gasteiger partial charge on any atom is 0.244 e. The summed E-state index contributed by atoms with van der Waals surface area (Å²) in [7, 11) is -3.94. The quantitative estimate of drug-likeness (QED) is 0.237. The molecule has 3 aromatic rings. The summed E-state index contributed by atoms with van der Waals surface area (Å²) >= 11 is 24.6. The SMILES string of the molecule is CC[C@H](C)NC(=O)[C@@H](Cc1ccccc1)N(Cc1ccc(Cl)c(Cl)c1)C(=O)CN(c1ccc(Cl)c(Cl)c1)S(C)(=O)=O. The van der Waals surface area contributed by atoms with Gasteiger partial charge in [-0.15, -0.1) is 0 Å². The van der Waals surface area contributed by atoms with Crippen molar-refractivity contribution in [2.75, 3.05) is 17.1 Å². The highest BCUT2D eigenvalue weighted by Crippen LogP contribution is 2.29. The van der Waals surface area contributed by atoms with Crippen LogP contribution in [0.4, 0.5) is 5.69 Å². The second kappa shape index (κ2) is 14.6. The van der Waals surface area contributed by atoms with E-state index in [-0.39, 0.29) is 45.7 Å². The van der Waals surface area contributed by atoms with Gasteiger partial charge in [0.1, 0.15) is 12.6 Å². The summed E-state index contributed by atoms with van der Waals surface area (Å²) in [5, 5.41) is 3.97. The number of anilines is 1. The van der Waals surface area contributed by atoms with E-state index in [1.165, 1.54) is 23.1 Å². The molecule has 0 aliphatic carbocycles. The molecule has 0 aromatic heterocycles. The molecular weight excluding hydrogens is 628 g/mol. The summed E-state index contributed by atoms with van der Waals surface area (Å²) < 4.78 is 26.7. The van der Waals surface area contributed by atoms with E-state index in [9.17, 15) is 18.0 Å². The van der Waals surface area contributed by atoms with Crippen LogP contribution in [0.5, 0.6) is 0 Å². The van der Waals surface area contributed by atoms with Gasteiger partial charge in [0.15, 0.2) is 0 Å². The van der Waals surface area contributed by atoms with E-state index in [1.807, 2.05) is 44.2 Å². The molecule has 2 amide bonds. The molecule has 0 bridgehead atoms. The lowest BCUT2D eigenvalue weighted by molar-refractivity contribution is -0.140. The smallest absolute Gasteiger partial charge is 0.244 e. The molecular formula is C29H31Cl4N3O4S. The highest BCUT2D eigenvalue weighted by atomic mass is 35.5. The summed E-state index contributed by atoms with van der Waals surface area (Å²) in [5.74, 6) is -0.968. The Balaban J connectivity index is 2.09. The van der Waals surface area contributed by atoms with Crippen molar-refractivity contribution >= 4 is 73.9 Å². The summed E-state index contributed by atoms with van der Waals surface area (Å²) in [6.07, 6.45) is 1.87. The van der Waals surface area contributed by atoms with Crippen LogP contribution in [-0.4, -0.2) is 50.0 Å². The monoisotopic (exact) mass is 657 g/mol. The predicted octanol–water partition coefficient (Wildman–Crippen LogP) is 6.62. The van der Waals surface area contributed by atoms with E-state index in [2.05, 4.69) is 5.32 Å². The molecule has 0 saturated heterocycles. The lowest BCUT2D eigenvalue weighted by Crippen LogP contribution is -2.54. The van der Waals surface area contributed by atoms with Gasteiger partial charge in [-0.3, -0.25) is 13.9 Å². The van der Waals surface area contributed by atoms with E-state index in [0.29, 0.717) is 17.0 Å². The van der Waals surface area contributed by atoms with Crippen LogP contribution >= 0.6 is 46.4 Å². The van der Waals surface area contributed by atoms with Crippen LogP contribution in [0, 0.1) is 0 Å². The third-order valence-electron chi connectivity index (χ3n) is 6.48. The molecule has 220 valence electrons. The highest BCUT2D eigenvalue weighted by molar-refractivity contribution is 7.92. The Kier molecular flexibility index (Phi) is 11.8. The molecule has 7 nitrogen and oxygen atoms in total. The number of rotatable bonds is 12. The molecule has 41 heavy (non-hydrogen) atoms. The van der Waals surface area contributed by atoms with Crippen LogP contribution < -0.4 is 9.62 Å². The van der Waals surface area contributed by atoms with Gasteiger partial charge in [-0.25, -0.2) is 8.42 Å². The van der Waals surface area contributed by atoms with Crippen LogP contribution in [0.15, 0.2) is 66.7 Å². The van der Waals surface area contributed by atoms with Gasteiger partial charge in [0.2, 0.25) is 21.8 Å². The number of nitrogens with zero attached hydrogens (tertiary/aromatic N) is 2. The first-order valence-electron chi connectivity index (χ1n) is 12.8. The molecule has 3 rings (SSSR count). The normalized spacial score (nSPS) is 12.9. The Morgan fingerprint density at radius 3 is 2.02 bits per heavy atom. The Bertz CT molecular complexity index is 1490. The predicted molar refractivity (Wildman–Crippen MR) is 167 cm³/mol. The van der Waals surface area contributed by atoms with Crippen molar-refractivity contribution in [1.82, 2.24) is 10.2 Å². The Morgan fingerprint density at radius 1 is 0.854 bits per heavy atom. The average molecular weight is 659 g/mol. The van der Waals surface area contributed by atoms with Crippen molar-refractivity contribution < 1.29 is 18.0 Å². The van der Waals surface area contributed by atoms with Crippen molar-refractivity contribution in [3.05, 3.63) is 97.9 Å². The van der Waals surface area contributed by atoms with Gasteiger partial charge in [-0.1, -0.05) is 89.7 Å². The van der Waals surface area contributed by atoms with E-state index < -0.39 is 28.5 Å². The second-order valence-electron chi connectivity index (χ2n) is 9.66. The number of amides is 2. The topological polar surface area (TPSA) is 86.8 Å². The minimum absolute atomic E-state index is 0.0277. The third kappa shape index (κ3) is 9.25. The molecule has 0 unspecified atom stereocenters. The zero-order valence-electron chi connectivity index (χ0n) is 22.8. The first-order valence-corrected chi connectivity index (χ1v) is 16.2. The molecule has 12 heteroatoms. The lowest BCUT2D eigenvalue weighted by atomic mass is 10.0. The summed E-state index contributed by atoms with van der Waals surface area (Å²) in [4.78, 5) is 29.2. The highest BCUT2D eigenvalue weighted by Gasteiger charge is 2.33. The molecule has 3 aromatic carbocycles. The van der Waals surface area contributed by atoms with E-state index >= 15 is 0 Å². The number of hydrogen-bond acceptors (Lipinski definition) is 4. The van der Waals surface area contributed by atoms with E-state index in [1.54, 1.807) is 18.2 Å². The summed E-state index contributed by atoms with van der Waals surface area (Å²) in [6, 6.07) is 17.4. The van der Waals surface area contributed by atoms with Gasteiger partial charge < -0.3 is 10.2 Å². The molecule has 0 fully saturated rings. The minimum Gasteiger partial charge on any atom is -0.352 e. The number of halogens is 4. The fourth-order valence-electron chi connectivity index (χ4n) is 4.08. The van der Waals surface area contributed by atoms with Crippen LogP contribution in [0.1, 0.15) is 31.4 Å². The van der Waals surface area contributed by atoms with Gasteiger partial charge >= 0.3 is 0 Å². The molecule has 2 atom stereocenters. The molecule has 0 heterocycles. The van der Waals surface area contributed by atoms with Crippen LogP contribution in [0.2, 0.25) is 20.1 Å². The van der Waals surface area contributed by atoms with Crippen molar-refractivity contribution in [2.24, 2.45) is 0 Å². The van der Waals surface area contributed by atoms with Crippen LogP contribution in [-0.2, 0) is 32.6 Å². The van der Waals surface area contributed by atoms with Gasteiger partial charge in [0.25, 0.3) is 0 Å². The summed E-state index contributed by atoms with van der Waals surface area (Å²) in [5.41, 5.74) is 1.60. The van der Waals surface area contributed by atoms with Crippen molar-refractivity contribution in [3.63, 3.8) is 0 Å². The van der Waals surface area contributed by atoms with Crippen molar-refractivity contribution in [1.29, 1.82) is 0 Å². The minimum atomic E-state index is -3.94. The van der Waals surface area contributed by atoms with E-state index in [0.717, 1.165) is 16.1 Å². The number of carbonyl (C=O) groups excluding carboxylic acids is 2. The molecule has 1 N–H and O–H groups in total. The van der Waals surface area contributed by atoms with Gasteiger partial charge in [0, 0.05) is 19.0 Å². The number of sulfonamides is 1. The first kappa shape index (κ1) is 33.0.